The molecule has 0 aliphatic heterocycles. The first-order valence-corrected chi connectivity index (χ1v) is 6.69. The molecular formula is C15H14F2N2O. The Kier molecular flexibility index (Phi) is 3.34. The predicted molar refractivity (Wildman–Crippen MR) is 70.1 cm³/mol. The molecule has 104 valence electrons. The number of carbonyl (C=O) groups is 1. The van der Waals surface area contributed by atoms with Crippen LogP contribution in [0.1, 0.15) is 47.7 Å². The number of carbonyl (C=O) groups excluding carboxylic acids is 1. The molecule has 1 aromatic heterocycles. The molecule has 1 aliphatic rings. The average Bonchev–Trinajstić information content (AvgIpc) is 3.07. The third-order valence-corrected chi connectivity index (χ3v) is 3.80. The fourth-order valence-corrected chi connectivity index (χ4v) is 2.80. The van der Waals surface area contributed by atoms with E-state index in [0.717, 1.165) is 43.7 Å². The van der Waals surface area contributed by atoms with Gasteiger partial charge in [-0.05, 0) is 25.0 Å². The van der Waals surface area contributed by atoms with Gasteiger partial charge in [-0.1, -0.05) is 12.8 Å². The predicted octanol–water partition coefficient (Wildman–Crippen LogP) is 3.62. The van der Waals surface area contributed by atoms with Crippen LogP contribution in [0.15, 0.2) is 24.4 Å². The maximum absolute atomic E-state index is 13.8. The van der Waals surface area contributed by atoms with Gasteiger partial charge in [0.05, 0.1) is 11.3 Å². The van der Waals surface area contributed by atoms with E-state index in [1.807, 2.05) is 0 Å². The Morgan fingerprint density at radius 3 is 2.65 bits per heavy atom. The molecule has 1 aromatic carbocycles. The maximum atomic E-state index is 13.8. The third kappa shape index (κ3) is 2.24. The highest BCUT2D eigenvalue weighted by Crippen LogP contribution is 2.35. The lowest BCUT2D eigenvalue weighted by Gasteiger charge is -2.06. The summed E-state index contributed by atoms with van der Waals surface area (Å²) >= 11 is 0. The monoisotopic (exact) mass is 276 g/mol. The van der Waals surface area contributed by atoms with Crippen LogP contribution in [0.2, 0.25) is 0 Å². The minimum absolute atomic E-state index is 0.152. The summed E-state index contributed by atoms with van der Waals surface area (Å²) in [6.07, 6.45) is 6.52. The van der Waals surface area contributed by atoms with E-state index in [0.29, 0.717) is 5.56 Å². The lowest BCUT2D eigenvalue weighted by Crippen LogP contribution is -2.01. The summed E-state index contributed by atoms with van der Waals surface area (Å²) in [7, 11) is 0. The maximum Gasteiger partial charge on any atom is 0.153 e. The summed E-state index contributed by atoms with van der Waals surface area (Å²) in [6.45, 7) is 0. The van der Waals surface area contributed by atoms with E-state index in [2.05, 4.69) is 5.10 Å². The lowest BCUT2D eigenvalue weighted by molar-refractivity contribution is 0.112. The van der Waals surface area contributed by atoms with Crippen molar-refractivity contribution < 1.29 is 13.6 Å². The Balaban J connectivity index is 2.04. The summed E-state index contributed by atoms with van der Waals surface area (Å²) in [4.78, 5) is 11.2. The van der Waals surface area contributed by atoms with E-state index in [4.69, 9.17) is 0 Å². The van der Waals surface area contributed by atoms with Crippen LogP contribution in [0.5, 0.6) is 0 Å². The number of aromatic nitrogens is 2. The van der Waals surface area contributed by atoms with Gasteiger partial charge in [-0.3, -0.25) is 4.79 Å². The molecule has 1 heterocycles. The Bertz CT molecular complexity index is 645. The minimum atomic E-state index is -0.692. The van der Waals surface area contributed by atoms with Crippen molar-refractivity contribution in [1.29, 1.82) is 0 Å². The van der Waals surface area contributed by atoms with E-state index < -0.39 is 11.6 Å². The zero-order chi connectivity index (χ0) is 14.1. The van der Waals surface area contributed by atoms with Crippen molar-refractivity contribution in [2.75, 3.05) is 0 Å². The van der Waals surface area contributed by atoms with Gasteiger partial charge in [0.25, 0.3) is 0 Å². The molecule has 0 atom stereocenters. The number of aldehydes is 1. The molecule has 2 aromatic rings. The van der Waals surface area contributed by atoms with Crippen molar-refractivity contribution in [3.8, 4) is 5.69 Å². The molecule has 1 aliphatic carbocycles. The van der Waals surface area contributed by atoms with Crippen LogP contribution in [0.3, 0.4) is 0 Å². The topological polar surface area (TPSA) is 34.9 Å². The second-order valence-corrected chi connectivity index (χ2v) is 5.11. The van der Waals surface area contributed by atoms with Gasteiger partial charge in [-0.15, -0.1) is 0 Å². The standard InChI is InChI=1S/C15H14F2N2O/c16-12-5-6-14(13(17)7-12)19-8-11(9-20)15(18-19)10-3-1-2-4-10/h5-10H,1-4H2. The van der Waals surface area contributed by atoms with Crippen molar-refractivity contribution in [3.05, 3.63) is 47.3 Å². The molecule has 5 heteroatoms. The highest BCUT2D eigenvalue weighted by Gasteiger charge is 2.23. The van der Waals surface area contributed by atoms with Crippen LogP contribution in [-0.4, -0.2) is 16.1 Å². The average molecular weight is 276 g/mol. The van der Waals surface area contributed by atoms with Crippen molar-refractivity contribution in [2.24, 2.45) is 0 Å². The molecule has 0 N–H and O–H groups in total. The molecule has 0 unspecified atom stereocenters. The van der Waals surface area contributed by atoms with Crippen LogP contribution in [-0.2, 0) is 0 Å². The van der Waals surface area contributed by atoms with E-state index >= 15 is 0 Å². The Labute approximate surface area is 115 Å². The molecule has 0 amide bonds. The van der Waals surface area contributed by atoms with Crippen molar-refractivity contribution in [1.82, 2.24) is 9.78 Å². The SMILES string of the molecule is O=Cc1cn(-c2ccc(F)cc2F)nc1C1CCCC1. The van der Waals surface area contributed by atoms with E-state index in [1.165, 1.54) is 23.0 Å². The Morgan fingerprint density at radius 1 is 1.25 bits per heavy atom. The van der Waals surface area contributed by atoms with Gasteiger partial charge < -0.3 is 0 Å². The largest absolute Gasteiger partial charge is 0.298 e. The molecule has 1 fully saturated rings. The van der Waals surface area contributed by atoms with E-state index in [9.17, 15) is 13.6 Å². The van der Waals surface area contributed by atoms with Crippen molar-refractivity contribution in [3.63, 3.8) is 0 Å². The highest BCUT2D eigenvalue weighted by atomic mass is 19.1. The van der Waals surface area contributed by atoms with E-state index in [1.54, 1.807) is 0 Å². The number of hydrogen-bond acceptors (Lipinski definition) is 2. The first kappa shape index (κ1) is 13.0. The van der Waals surface area contributed by atoms with Crippen molar-refractivity contribution in [2.45, 2.75) is 31.6 Å². The van der Waals surface area contributed by atoms with Gasteiger partial charge in [0.2, 0.25) is 0 Å². The zero-order valence-electron chi connectivity index (χ0n) is 10.9. The third-order valence-electron chi connectivity index (χ3n) is 3.80. The summed E-state index contributed by atoms with van der Waals surface area (Å²) in [6, 6.07) is 3.31. The first-order chi connectivity index (χ1) is 9.69. The van der Waals surface area contributed by atoms with E-state index in [-0.39, 0.29) is 11.6 Å². The molecule has 3 rings (SSSR count). The molecule has 0 radical (unpaired) electrons. The molecule has 1 saturated carbocycles. The van der Waals surface area contributed by atoms with Gasteiger partial charge in [-0.25, -0.2) is 13.5 Å². The highest BCUT2D eigenvalue weighted by molar-refractivity contribution is 5.76. The van der Waals surface area contributed by atoms with Crippen molar-refractivity contribution >= 4 is 6.29 Å². The Hall–Kier alpha value is -2.04. The number of halogens is 2. The van der Waals surface area contributed by atoms with Gasteiger partial charge in [0, 0.05) is 18.2 Å². The fraction of sp³-hybridized carbons (Fsp3) is 0.333. The van der Waals surface area contributed by atoms with Gasteiger partial charge in [0.15, 0.2) is 12.1 Å². The molecule has 0 bridgehead atoms. The van der Waals surface area contributed by atoms with Crippen LogP contribution < -0.4 is 0 Å². The van der Waals surface area contributed by atoms with Gasteiger partial charge in [0.1, 0.15) is 11.5 Å². The fourth-order valence-electron chi connectivity index (χ4n) is 2.80. The molecule has 20 heavy (non-hydrogen) atoms. The lowest BCUT2D eigenvalue weighted by atomic mass is 10.0. The number of benzene rings is 1. The van der Waals surface area contributed by atoms with Gasteiger partial charge in [-0.2, -0.15) is 5.10 Å². The summed E-state index contributed by atoms with van der Waals surface area (Å²) in [5, 5.41) is 4.35. The smallest absolute Gasteiger partial charge is 0.153 e. The molecule has 0 saturated heterocycles. The first-order valence-electron chi connectivity index (χ1n) is 6.69. The van der Waals surface area contributed by atoms with Gasteiger partial charge >= 0.3 is 0 Å². The summed E-state index contributed by atoms with van der Waals surface area (Å²) in [5.74, 6) is -1.06. The second-order valence-electron chi connectivity index (χ2n) is 5.11. The van der Waals surface area contributed by atoms with Crippen LogP contribution in [0.25, 0.3) is 5.69 Å². The normalized spacial score (nSPS) is 15.7. The minimum Gasteiger partial charge on any atom is -0.298 e. The zero-order valence-corrected chi connectivity index (χ0v) is 10.9. The van der Waals surface area contributed by atoms with Crippen LogP contribution >= 0.6 is 0 Å². The number of nitrogens with zero attached hydrogens (tertiary/aromatic N) is 2. The van der Waals surface area contributed by atoms with Crippen LogP contribution in [0.4, 0.5) is 8.78 Å². The molecule has 3 nitrogen and oxygen atoms in total. The molecule has 0 spiro atoms. The quantitative estimate of drug-likeness (QED) is 0.802. The summed E-state index contributed by atoms with van der Waals surface area (Å²) in [5.41, 5.74) is 1.36. The summed E-state index contributed by atoms with van der Waals surface area (Å²) < 4.78 is 28.0. The Morgan fingerprint density at radius 2 is 2.00 bits per heavy atom. The molecular weight excluding hydrogens is 262 g/mol. The van der Waals surface area contributed by atoms with Crippen LogP contribution in [0, 0.1) is 11.6 Å². The number of rotatable bonds is 3. The second kappa shape index (κ2) is 5.15. The number of hydrogen-bond donors (Lipinski definition) is 0.